The number of guanidine groups is 1. The molecule has 4 saturated carbocycles. The summed E-state index contributed by atoms with van der Waals surface area (Å²) < 4.78 is 0. The van der Waals surface area contributed by atoms with Gasteiger partial charge in [0.2, 0.25) is 0 Å². The van der Waals surface area contributed by atoms with Crippen LogP contribution >= 0.6 is 0 Å². The number of anilines is 1. The Morgan fingerprint density at radius 3 is 2.26 bits per heavy atom. The minimum Gasteiger partial charge on any atom is -0.351 e. The lowest BCUT2D eigenvalue weighted by atomic mass is 9.53. The van der Waals surface area contributed by atoms with Crippen LogP contribution in [-0.2, 0) is 6.42 Å². The predicted molar refractivity (Wildman–Crippen MR) is 110 cm³/mol. The van der Waals surface area contributed by atoms with Crippen molar-refractivity contribution in [1.82, 2.24) is 5.32 Å². The molecule has 138 valence electrons. The molecule has 27 heavy (non-hydrogen) atoms. The first kappa shape index (κ1) is 15.7. The highest BCUT2D eigenvalue weighted by molar-refractivity contribution is 5.95. The van der Waals surface area contributed by atoms with E-state index in [1.165, 1.54) is 60.8 Å². The molecule has 0 amide bonds. The molecule has 3 heteroatoms. The summed E-state index contributed by atoms with van der Waals surface area (Å²) in [6.45, 7) is 0. The normalized spacial score (nSPS) is 32.1. The Labute approximate surface area is 161 Å². The van der Waals surface area contributed by atoms with Crippen LogP contribution in [0.1, 0.15) is 49.7 Å². The third kappa shape index (κ3) is 2.51. The Kier molecular flexibility index (Phi) is 3.27. The molecule has 3 nitrogen and oxygen atoms in total. The van der Waals surface area contributed by atoms with E-state index < -0.39 is 0 Å². The van der Waals surface area contributed by atoms with Gasteiger partial charge in [-0.15, -0.1) is 0 Å². The highest BCUT2D eigenvalue weighted by atomic mass is 15.2. The Balaban J connectivity index is 1.23. The number of benzene rings is 2. The number of nitrogens with one attached hydrogen (secondary N) is 3. The zero-order chi connectivity index (χ0) is 18.0. The molecule has 0 spiro atoms. The number of hydrogen-bond acceptors (Lipinski definition) is 1. The van der Waals surface area contributed by atoms with Gasteiger partial charge < -0.3 is 10.6 Å². The van der Waals surface area contributed by atoms with Crippen molar-refractivity contribution in [3.8, 4) is 11.1 Å². The second kappa shape index (κ2) is 5.60. The van der Waals surface area contributed by atoms with E-state index in [2.05, 4.69) is 53.1 Å². The summed E-state index contributed by atoms with van der Waals surface area (Å²) in [5.41, 5.74) is 6.65. The third-order valence-electron chi connectivity index (χ3n) is 7.54. The van der Waals surface area contributed by atoms with Crippen LogP contribution in [0.15, 0.2) is 42.5 Å². The average Bonchev–Trinajstić information content (AvgIpc) is 3.00. The zero-order valence-electron chi connectivity index (χ0n) is 15.7. The van der Waals surface area contributed by atoms with Gasteiger partial charge in [0, 0.05) is 17.6 Å². The van der Waals surface area contributed by atoms with Crippen LogP contribution in [0.4, 0.5) is 5.69 Å². The smallest absolute Gasteiger partial charge is 0.193 e. The van der Waals surface area contributed by atoms with Crippen LogP contribution in [-0.4, -0.2) is 11.5 Å². The summed E-state index contributed by atoms with van der Waals surface area (Å²) >= 11 is 0. The lowest BCUT2D eigenvalue weighted by molar-refractivity contribution is -0.0101. The maximum atomic E-state index is 8.66. The van der Waals surface area contributed by atoms with Crippen LogP contribution in [0.25, 0.3) is 11.1 Å². The quantitative estimate of drug-likeness (QED) is 0.438. The Morgan fingerprint density at radius 1 is 0.852 bits per heavy atom. The largest absolute Gasteiger partial charge is 0.351 e. The Morgan fingerprint density at radius 2 is 1.52 bits per heavy atom. The maximum absolute atomic E-state index is 8.66. The van der Waals surface area contributed by atoms with E-state index in [0.29, 0.717) is 5.96 Å². The van der Waals surface area contributed by atoms with E-state index >= 15 is 0 Å². The summed E-state index contributed by atoms with van der Waals surface area (Å²) in [6.07, 6.45) is 9.06. The second-order valence-corrected chi connectivity index (χ2v) is 9.49. The van der Waals surface area contributed by atoms with Crippen LogP contribution in [0.5, 0.6) is 0 Å². The molecule has 0 saturated heterocycles. The van der Waals surface area contributed by atoms with Crippen molar-refractivity contribution in [3.63, 3.8) is 0 Å². The van der Waals surface area contributed by atoms with Gasteiger partial charge in [0.1, 0.15) is 0 Å². The molecular formula is C24H27N3. The van der Waals surface area contributed by atoms with Gasteiger partial charge in [-0.3, -0.25) is 5.41 Å². The van der Waals surface area contributed by atoms with E-state index in [1.807, 2.05) is 0 Å². The van der Waals surface area contributed by atoms with E-state index in [9.17, 15) is 0 Å². The minimum atomic E-state index is 0.180. The number of rotatable bonds is 2. The van der Waals surface area contributed by atoms with Gasteiger partial charge >= 0.3 is 0 Å². The third-order valence-corrected chi connectivity index (χ3v) is 7.54. The van der Waals surface area contributed by atoms with Gasteiger partial charge in [-0.2, -0.15) is 0 Å². The Hall–Kier alpha value is -2.29. The average molecular weight is 358 g/mol. The van der Waals surface area contributed by atoms with Crippen LogP contribution < -0.4 is 10.6 Å². The van der Waals surface area contributed by atoms with E-state index in [0.717, 1.165) is 29.9 Å². The molecule has 5 aliphatic rings. The molecule has 7 rings (SSSR count). The van der Waals surface area contributed by atoms with Crippen molar-refractivity contribution >= 4 is 11.6 Å². The molecule has 4 fully saturated rings. The molecule has 3 N–H and O–H groups in total. The fourth-order valence-electron chi connectivity index (χ4n) is 6.97. The first-order valence-corrected chi connectivity index (χ1v) is 10.5. The van der Waals surface area contributed by atoms with Gasteiger partial charge in [-0.05, 0) is 84.6 Å². The summed E-state index contributed by atoms with van der Waals surface area (Å²) in [6, 6.07) is 15.1. The monoisotopic (exact) mass is 357 g/mol. The first-order valence-electron chi connectivity index (χ1n) is 10.5. The van der Waals surface area contributed by atoms with Crippen molar-refractivity contribution in [3.05, 3.63) is 53.6 Å². The molecule has 0 radical (unpaired) electrons. The van der Waals surface area contributed by atoms with E-state index in [4.69, 9.17) is 5.41 Å². The molecule has 0 heterocycles. The van der Waals surface area contributed by atoms with Gasteiger partial charge in [0.05, 0.1) is 0 Å². The summed E-state index contributed by atoms with van der Waals surface area (Å²) in [5, 5.41) is 15.7. The van der Waals surface area contributed by atoms with Crippen LogP contribution in [0, 0.1) is 23.2 Å². The highest BCUT2D eigenvalue weighted by Crippen LogP contribution is 2.55. The standard InChI is InChI=1S/C24H27N3/c25-23(27-24-12-15-8-16(13-24)10-17(9-15)14-24)26-22-7-3-6-20-19-5-2-1-4-18(19)11-21(20)22/h1-7,15-17H,8-14H2,(H3,25,26,27). The zero-order valence-corrected chi connectivity index (χ0v) is 15.7. The lowest BCUT2D eigenvalue weighted by Gasteiger charge is -2.57. The second-order valence-electron chi connectivity index (χ2n) is 9.49. The van der Waals surface area contributed by atoms with Gasteiger partial charge in [0.15, 0.2) is 5.96 Å². The number of fused-ring (bicyclic) bond motifs is 3. The van der Waals surface area contributed by atoms with Crippen molar-refractivity contribution < 1.29 is 0 Å². The molecule has 2 aromatic rings. The lowest BCUT2D eigenvalue weighted by Crippen LogP contribution is -2.60. The molecule has 0 aromatic heterocycles. The Bertz CT molecular complexity index is 894. The molecule has 4 bridgehead atoms. The molecule has 0 aliphatic heterocycles. The topological polar surface area (TPSA) is 47.9 Å². The highest BCUT2D eigenvalue weighted by Gasteiger charge is 2.51. The number of hydrogen-bond donors (Lipinski definition) is 3. The van der Waals surface area contributed by atoms with Crippen molar-refractivity contribution in [2.75, 3.05) is 5.32 Å². The fraction of sp³-hybridized carbons (Fsp3) is 0.458. The van der Waals surface area contributed by atoms with Crippen LogP contribution in [0.3, 0.4) is 0 Å². The molecule has 0 atom stereocenters. The van der Waals surface area contributed by atoms with Gasteiger partial charge in [-0.1, -0.05) is 36.4 Å². The van der Waals surface area contributed by atoms with E-state index in [1.54, 1.807) is 0 Å². The SMILES string of the molecule is N=C(Nc1cccc2c1Cc1ccccc1-2)NC12CC3CC(CC(C3)C1)C2. The predicted octanol–water partition coefficient (Wildman–Crippen LogP) is 5.16. The molecule has 5 aliphatic carbocycles. The fourth-order valence-corrected chi connectivity index (χ4v) is 6.97. The van der Waals surface area contributed by atoms with Crippen molar-refractivity contribution in [1.29, 1.82) is 5.41 Å². The van der Waals surface area contributed by atoms with Crippen LogP contribution in [0.2, 0.25) is 0 Å². The van der Waals surface area contributed by atoms with Crippen molar-refractivity contribution in [2.45, 2.75) is 50.5 Å². The summed E-state index contributed by atoms with van der Waals surface area (Å²) in [4.78, 5) is 0. The van der Waals surface area contributed by atoms with Crippen molar-refractivity contribution in [2.24, 2.45) is 17.8 Å². The molecule has 2 aromatic carbocycles. The first-order chi connectivity index (χ1) is 13.2. The molecular weight excluding hydrogens is 330 g/mol. The van der Waals surface area contributed by atoms with Gasteiger partial charge in [0.25, 0.3) is 0 Å². The maximum Gasteiger partial charge on any atom is 0.193 e. The van der Waals surface area contributed by atoms with Gasteiger partial charge in [-0.25, -0.2) is 0 Å². The summed E-state index contributed by atoms with van der Waals surface area (Å²) in [7, 11) is 0. The van der Waals surface area contributed by atoms with E-state index in [-0.39, 0.29) is 5.54 Å². The summed E-state index contributed by atoms with van der Waals surface area (Å²) in [5.74, 6) is 3.17. The molecule has 0 unspecified atom stereocenters. The minimum absolute atomic E-state index is 0.180.